The molecule has 0 saturated heterocycles. The van der Waals surface area contributed by atoms with E-state index in [1.165, 1.54) is 18.3 Å². The summed E-state index contributed by atoms with van der Waals surface area (Å²) in [6.07, 6.45) is -1.79. The lowest BCUT2D eigenvalue weighted by Gasteiger charge is -2.24. The molecule has 0 unspecified atom stereocenters. The number of halogens is 3. The largest absolute Gasteiger partial charge is 0.477 e. The number of nitrogens with zero attached hydrogens (tertiary/aromatic N) is 2. The topological polar surface area (TPSA) is 42.4 Å². The molecule has 1 rings (SSSR count). The molecule has 1 aromatic rings. The maximum atomic E-state index is 12.6. The number of unbranched alkanes of at least 4 members (excludes halogenated alkanes) is 1. The van der Waals surface area contributed by atoms with Crippen molar-refractivity contribution in [2.75, 3.05) is 19.7 Å². The highest BCUT2D eigenvalue weighted by atomic mass is 19.4. The zero-order chi connectivity index (χ0) is 15.9. The first kappa shape index (κ1) is 17.3. The molecule has 0 aliphatic heterocycles. The molecule has 0 fully saturated rings. The Labute approximate surface area is 121 Å². The van der Waals surface area contributed by atoms with Gasteiger partial charge in [0.25, 0.3) is 5.91 Å². The third kappa shape index (κ3) is 5.61. The van der Waals surface area contributed by atoms with E-state index in [1.54, 1.807) is 6.92 Å². The Morgan fingerprint density at radius 3 is 2.67 bits per heavy atom. The molecule has 21 heavy (non-hydrogen) atoms. The summed E-state index contributed by atoms with van der Waals surface area (Å²) in [4.78, 5) is 17.0. The number of pyridine rings is 1. The number of amides is 1. The van der Waals surface area contributed by atoms with Crippen LogP contribution >= 0.6 is 0 Å². The van der Waals surface area contributed by atoms with Crippen molar-refractivity contribution in [1.82, 2.24) is 9.88 Å². The lowest BCUT2D eigenvalue weighted by atomic mass is 10.2. The minimum atomic E-state index is -4.43. The smallest absolute Gasteiger partial charge is 0.406 e. The fourth-order valence-corrected chi connectivity index (χ4v) is 1.79. The van der Waals surface area contributed by atoms with E-state index in [9.17, 15) is 18.0 Å². The number of carbonyl (C=O) groups excluding carboxylic acids is 1. The van der Waals surface area contributed by atoms with Crippen molar-refractivity contribution in [2.45, 2.75) is 32.9 Å². The third-order valence-electron chi connectivity index (χ3n) is 2.72. The van der Waals surface area contributed by atoms with Crippen LogP contribution in [-0.2, 0) is 0 Å². The van der Waals surface area contributed by atoms with Crippen molar-refractivity contribution in [3.8, 4) is 5.88 Å². The Bertz CT molecular complexity index is 464. The molecule has 0 bridgehead atoms. The van der Waals surface area contributed by atoms with Crippen LogP contribution in [0.4, 0.5) is 13.2 Å². The molecule has 1 amide bonds. The van der Waals surface area contributed by atoms with Gasteiger partial charge < -0.3 is 9.64 Å². The first-order valence-electron chi connectivity index (χ1n) is 6.82. The second kappa shape index (κ2) is 7.85. The zero-order valence-corrected chi connectivity index (χ0v) is 12.1. The summed E-state index contributed by atoms with van der Waals surface area (Å²) in [6.45, 7) is 2.63. The van der Waals surface area contributed by atoms with Gasteiger partial charge in [0, 0.05) is 12.7 Å². The lowest BCUT2D eigenvalue weighted by molar-refractivity contribution is -0.140. The van der Waals surface area contributed by atoms with Crippen LogP contribution < -0.4 is 4.74 Å². The van der Waals surface area contributed by atoms with Gasteiger partial charge in [0.1, 0.15) is 12.1 Å². The Morgan fingerprint density at radius 2 is 2.10 bits per heavy atom. The number of ether oxygens (including phenoxy) is 1. The van der Waals surface area contributed by atoms with E-state index < -0.39 is 18.6 Å². The average Bonchev–Trinajstić information content (AvgIpc) is 2.42. The van der Waals surface area contributed by atoms with Gasteiger partial charge in [0.2, 0.25) is 5.88 Å². The molecule has 0 aromatic carbocycles. The van der Waals surface area contributed by atoms with Gasteiger partial charge >= 0.3 is 6.18 Å². The van der Waals surface area contributed by atoms with E-state index in [1.807, 2.05) is 6.92 Å². The quantitative estimate of drug-likeness (QED) is 0.776. The Hall–Kier alpha value is -1.79. The summed E-state index contributed by atoms with van der Waals surface area (Å²) in [7, 11) is 0. The number of hydrogen-bond donors (Lipinski definition) is 0. The summed E-state index contributed by atoms with van der Waals surface area (Å²) >= 11 is 0. The molecular weight excluding hydrogens is 285 g/mol. The van der Waals surface area contributed by atoms with Crippen molar-refractivity contribution < 1.29 is 22.7 Å². The van der Waals surface area contributed by atoms with E-state index in [-0.39, 0.29) is 24.6 Å². The standard InChI is InChI=1S/C14H19F3N2O2/c1-3-5-9-19(10-14(15,16)17)13(20)11-7-6-8-18-12(11)21-4-2/h6-8H,3-5,9-10H2,1-2H3. The molecule has 0 saturated carbocycles. The summed E-state index contributed by atoms with van der Waals surface area (Å²) in [5.74, 6) is -0.647. The van der Waals surface area contributed by atoms with Crippen LogP contribution in [0.15, 0.2) is 18.3 Å². The number of rotatable bonds is 7. The van der Waals surface area contributed by atoms with Crippen molar-refractivity contribution in [1.29, 1.82) is 0 Å². The van der Waals surface area contributed by atoms with Crippen molar-refractivity contribution in [2.24, 2.45) is 0 Å². The van der Waals surface area contributed by atoms with Crippen LogP contribution in [0.5, 0.6) is 5.88 Å². The maximum absolute atomic E-state index is 12.6. The van der Waals surface area contributed by atoms with E-state index in [2.05, 4.69) is 4.98 Å². The Balaban J connectivity index is 2.98. The number of hydrogen-bond acceptors (Lipinski definition) is 3. The predicted molar refractivity (Wildman–Crippen MR) is 72.3 cm³/mol. The van der Waals surface area contributed by atoms with Gasteiger partial charge in [-0.3, -0.25) is 4.79 Å². The highest BCUT2D eigenvalue weighted by molar-refractivity contribution is 5.96. The highest BCUT2D eigenvalue weighted by Gasteiger charge is 2.34. The van der Waals surface area contributed by atoms with Gasteiger partial charge in [0.15, 0.2) is 0 Å². The molecule has 0 spiro atoms. The molecule has 0 radical (unpaired) electrons. The van der Waals surface area contributed by atoms with Crippen LogP contribution in [-0.4, -0.2) is 41.7 Å². The molecule has 4 nitrogen and oxygen atoms in total. The number of carbonyl (C=O) groups is 1. The Morgan fingerprint density at radius 1 is 1.38 bits per heavy atom. The summed E-state index contributed by atoms with van der Waals surface area (Å²) in [6, 6.07) is 2.93. The lowest BCUT2D eigenvalue weighted by Crippen LogP contribution is -2.39. The minimum absolute atomic E-state index is 0.0509. The van der Waals surface area contributed by atoms with Crippen molar-refractivity contribution in [3.63, 3.8) is 0 Å². The SMILES string of the molecule is CCCCN(CC(F)(F)F)C(=O)c1cccnc1OCC. The van der Waals surface area contributed by atoms with E-state index in [0.29, 0.717) is 12.8 Å². The van der Waals surface area contributed by atoms with Crippen LogP contribution in [0.25, 0.3) is 0 Å². The Kier molecular flexibility index (Phi) is 6.45. The van der Waals surface area contributed by atoms with Gasteiger partial charge in [-0.1, -0.05) is 13.3 Å². The molecule has 1 heterocycles. The molecule has 7 heteroatoms. The van der Waals surface area contributed by atoms with Crippen molar-refractivity contribution >= 4 is 5.91 Å². The first-order chi connectivity index (χ1) is 9.89. The molecular formula is C14H19F3N2O2. The first-order valence-corrected chi connectivity index (χ1v) is 6.82. The van der Waals surface area contributed by atoms with Gasteiger partial charge in [-0.2, -0.15) is 13.2 Å². The van der Waals surface area contributed by atoms with Crippen LogP contribution in [0, 0.1) is 0 Å². The highest BCUT2D eigenvalue weighted by Crippen LogP contribution is 2.22. The minimum Gasteiger partial charge on any atom is -0.477 e. The average molecular weight is 304 g/mol. The van der Waals surface area contributed by atoms with Gasteiger partial charge in [-0.05, 0) is 25.5 Å². The second-order valence-corrected chi connectivity index (χ2v) is 4.48. The molecule has 0 N–H and O–H groups in total. The third-order valence-corrected chi connectivity index (χ3v) is 2.72. The van der Waals surface area contributed by atoms with E-state index in [4.69, 9.17) is 4.74 Å². The molecule has 118 valence electrons. The van der Waals surface area contributed by atoms with Crippen LogP contribution in [0.3, 0.4) is 0 Å². The summed E-state index contributed by atoms with van der Waals surface area (Å²) in [5, 5.41) is 0. The van der Waals surface area contributed by atoms with Gasteiger partial charge in [-0.15, -0.1) is 0 Å². The van der Waals surface area contributed by atoms with Gasteiger partial charge in [-0.25, -0.2) is 4.98 Å². The normalized spacial score (nSPS) is 11.3. The molecule has 0 atom stereocenters. The predicted octanol–water partition coefficient (Wildman–Crippen LogP) is 3.28. The van der Waals surface area contributed by atoms with E-state index >= 15 is 0 Å². The summed E-state index contributed by atoms with van der Waals surface area (Å²) in [5.41, 5.74) is 0.0553. The van der Waals surface area contributed by atoms with Crippen LogP contribution in [0.1, 0.15) is 37.0 Å². The molecule has 0 aliphatic rings. The summed E-state index contributed by atoms with van der Waals surface area (Å²) < 4.78 is 43.1. The molecule has 1 aromatic heterocycles. The second-order valence-electron chi connectivity index (χ2n) is 4.48. The van der Waals surface area contributed by atoms with Gasteiger partial charge in [0.05, 0.1) is 6.61 Å². The number of aromatic nitrogens is 1. The monoisotopic (exact) mass is 304 g/mol. The maximum Gasteiger partial charge on any atom is 0.406 e. The van der Waals surface area contributed by atoms with Crippen LogP contribution in [0.2, 0.25) is 0 Å². The molecule has 0 aliphatic carbocycles. The fourth-order valence-electron chi connectivity index (χ4n) is 1.79. The fraction of sp³-hybridized carbons (Fsp3) is 0.571. The van der Waals surface area contributed by atoms with Crippen molar-refractivity contribution in [3.05, 3.63) is 23.9 Å². The zero-order valence-electron chi connectivity index (χ0n) is 12.1. The van der Waals surface area contributed by atoms with E-state index in [0.717, 1.165) is 4.90 Å². The number of alkyl halides is 3.